The van der Waals surface area contributed by atoms with Gasteiger partial charge in [-0.15, -0.1) is 0 Å². The molecule has 3 rings (SSSR count). The minimum Gasteiger partial charge on any atom is -0.340 e. The normalized spacial score (nSPS) is 14.8. The van der Waals surface area contributed by atoms with Crippen molar-refractivity contribution in [2.75, 3.05) is 12.4 Å². The van der Waals surface area contributed by atoms with Crippen molar-refractivity contribution >= 4 is 17.5 Å². The highest BCUT2D eigenvalue weighted by molar-refractivity contribution is 6.12. The van der Waals surface area contributed by atoms with Gasteiger partial charge in [-0.3, -0.25) is 9.59 Å². The van der Waals surface area contributed by atoms with Crippen LogP contribution in [0.4, 0.5) is 10.1 Å². The van der Waals surface area contributed by atoms with Gasteiger partial charge in [0.2, 0.25) is 11.8 Å². The summed E-state index contributed by atoms with van der Waals surface area (Å²) in [5, 5.41) is 2.72. The molecule has 1 fully saturated rings. The van der Waals surface area contributed by atoms with E-state index in [0.29, 0.717) is 25.1 Å². The largest absolute Gasteiger partial charge is 0.340 e. The molecule has 0 bridgehead atoms. The number of carbonyl (C=O) groups is 2. The zero-order valence-corrected chi connectivity index (χ0v) is 13.5. The molecule has 0 unspecified atom stereocenters. The number of benzene rings is 2. The third kappa shape index (κ3) is 3.30. The predicted molar refractivity (Wildman–Crippen MR) is 89.6 cm³/mol. The summed E-state index contributed by atoms with van der Waals surface area (Å²) >= 11 is 0. The van der Waals surface area contributed by atoms with Crippen molar-refractivity contribution in [1.29, 1.82) is 0 Å². The topological polar surface area (TPSA) is 49.4 Å². The van der Waals surface area contributed by atoms with Gasteiger partial charge < -0.3 is 10.2 Å². The van der Waals surface area contributed by atoms with Crippen molar-refractivity contribution in [3.8, 4) is 0 Å². The lowest BCUT2D eigenvalue weighted by molar-refractivity contribution is -0.141. The number of carbonyl (C=O) groups excluding carboxylic acids is 2. The van der Waals surface area contributed by atoms with Gasteiger partial charge in [0.05, 0.1) is 0 Å². The third-order valence-electron chi connectivity index (χ3n) is 4.31. The van der Waals surface area contributed by atoms with Gasteiger partial charge in [0.1, 0.15) is 11.2 Å². The van der Waals surface area contributed by atoms with Crippen LogP contribution in [0.25, 0.3) is 0 Å². The summed E-state index contributed by atoms with van der Waals surface area (Å²) < 4.78 is 12.9. The molecule has 1 saturated carbocycles. The molecule has 0 radical (unpaired) electrons. The molecule has 0 spiro atoms. The molecule has 2 amide bonds. The predicted octanol–water partition coefficient (Wildman–Crippen LogP) is 3.20. The molecule has 1 N–H and O–H groups in total. The summed E-state index contributed by atoms with van der Waals surface area (Å²) in [4.78, 5) is 26.8. The Bertz CT molecular complexity index is 740. The molecule has 24 heavy (non-hydrogen) atoms. The molecule has 124 valence electrons. The zero-order chi connectivity index (χ0) is 17.2. The van der Waals surface area contributed by atoms with E-state index in [1.165, 1.54) is 24.3 Å². The number of amides is 2. The lowest BCUT2D eigenvalue weighted by Gasteiger charge is -2.23. The highest BCUT2D eigenvalue weighted by Gasteiger charge is 2.57. The Morgan fingerprint density at radius 2 is 1.71 bits per heavy atom. The summed E-state index contributed by atoms with van der Waals surface area (Å²) in [5.74, 6) is -0.863. The Hall–Kier alpha value is -2.69. The van der Waals surface area contributed by atoms with Crippen LogP contribution in [-0.2, 0) is 16.1 Å². The quantitative estimate of drug-likeness (QED) is 0.858. The van der Waals surface area contributed by atoms with Crippen LogP contribution in [0.5, 0.6) is 0 Å². The second-order valence-electron chi connectivity index (χ2n) is 6.19. The fourth-order valence-corrected chi connectivity index (χ4v) is 2.74. The molecular weight excluding hydrogens is 307 g/mol. The van der Waals surface area contributed by atoms with E-state index in [1.807, 2.05) is 30.3 Å². The van der Waals surface area contributed by atoms with E-state index < -0.39 is 5.41 Å². The number of hydrogen-bond acceptors (Lipinski definition) is 2. The zero-order valence-electron chi connectivity index (χ0n) is 13.5. The van der Waals surface area contributed by atoms with Gasteiger partial charge in [-0.2, -0.15) is 0 Å². The molecule has 0 aromatic heterocycles. The SMILES string of the molecule is CN(Cc1ccccc1)C(=O)C1(C(=O)Nc2ccc(F)cc2)CC1. The molecule has 5 heteroatoms. The molecule has 1 aliphatic rings. The van der Waals surface area contributed by atoms with Crippen molar-refractivity contribution in [2.24, 2.45) is 5.41 Å². The van der Waals surface area contributed by atoms with Crippen LogP contribution in [0.15, 0.2) is 54.6 Å². The lowest BCUT2D eigenvalue weighted by Crippen LogP contribution is -2.40. The number of nitrogens with one attached hydrogen (secondary N) is 1. The minimum absolute atomic E-state index is 0.175. The Kier molecular flexibility index (Phi) is 4.34. The summed E-state index contributed by atoms with van der Waals surface area (Å²) in [5.41, 5.74) is 0.520. The number of rotatable bonds is 5. The molecule has 1 aliphatic carbocycles. The van der Waals surface area contributed by atoms with Gasteiger partial charge in [0.15, 0.2) is 0 Å². The molecule has 0 atom stereocenters. The van der Waals surface area contributed by atoms with Crippen LogP contribution in [0.1, 0.15) is 18.4 Å². The Labute approximate surface area is 140 Å². The summed E-state index contributed by atoms with van der Waals surface area (Å²) in [6.45, 7) is 0.464. The number of anilines is 1. The van der Waals surface area contributed by atoms with E-state index in [4.69, 9.17) is 0 Å². The van der Waals surface area contributed by atoms with E-state index in [9.17, 15) is 14.0 Å². The number of nitrogens with zero attached hydrogens (tertiary/aromatic N) is 1. The van der Waals surface area contributed by atoms with Crippen molar-refractivity contribution < 1.29 is 14.0 Å². The fourth-order valence-electron chi connectivity index (χ4n) is 2.74. The first-order valence-corrected chi connectivity index (χ1v) is 7.88. The first-order chi connectivity index (χ1) is 11.5. The minimum atomic E-state index is -0.988. The molecule has 2 aromatic rings. The first-order valence-electron chi connectivity index (χ1n) is 7.88. The van der Waals surface area contributed by atoms with Gasteiger partial charge in [0, 0.05) is 19.3 Å². The molecule has 0 heterocycles. The van der Waals surface area contributed by atoms with Crippen molar-refractivity contribution in [1.82, 2.24) is 4.90 Å². The molecule has 2 aromatic carbocycles. The molecular formula is C19H19FN2O2. The lowest BCUT2D eigenvalue weighted by atomic mass is 10.0. The van der Waals surface area contributed by atoms with E-state index in [1.54, 1.807) is 11.9 Å². The summed E-state index contributed by atoms with van der Waals surface area (Å²) in [7, 11) is 1.71. The molecule has 0 saturated heterocycles. The average molecular weight is 326 g/mol. The molecule has 0 aliphatic heterocycles. The maximum atomic E-state index is 12.9. The van der Waals surface area contributed by atoms with Crippen LogP contribution >= 0.6 is 0 Å². The van der Waals surface area contributed by atoms with Gasteiger partial charge in [0.25, 0.3) is 0 Å². The number of hydrogen-bond donors (Lipinski definition) is 1. The van der Waals surface area contributed by atoms with Crippen LogP contribution in [-0.4, -0.2) is 23.8 Å². The summed E-state index contributed by atoms with van der Waals surface area (Å²) in [6, 6.07) is 15.2. The van der Waals surface area contributed by atoms with Crippen molar-refractivity contribution in [3.05, 3.63) is 66.0 Å². The third-order valence-corrected chi connectivity index (χ3v) is 4.31. The standard InChI is InChI=1S/C19H19FN2O2/c1-22(13-14-5-3-2-4-6-14)18(24)19(11-12-19)17(23)21-16-9-7-15(20)8-10-16/h2-10H,11-13H2,1H3,(H,21,23). The van der Waals surface area contributed by atoms with E-state index in [-0.39, 0.29) is 17.6 Å². The van der Waals surface area contributed by atoms with Crippen molar-refractivity contribution in [3.63, 3.8) is 0 Å². The Morgan fingerprint density at radius 3 is 2.29 bits per heavy atom. The average Bonchev–Trinajstić information content (AvgIpc) is 3.39. The smallest absolute Gasteiger partial charge is 0.240 e. The van der Waals surface area contributed by atoms with Gasteiger partial charge in [-0.1, -0.05) is 30.3 Å². The fraction of sp³-hybridized carbons (Fsp3) is 0.263. The van der Waals surface area contributed by atoms with Crippen LogP contribution in [0.2, 0.25) is 0 Å². The van der Waals surface area contributed by atoms with Gasteiger partial charge in [-0.05, 0) is 42.7 Å². The highest BCUT2D eigenvalue weighted by Crippen LogP contribution is 2.48. The molecule has 4 nitrogen and oxygen atoms in total. The van der Waals surface area contributed by atoms with E-state index in [2.05, 4.69) is 5.32 Å². The second kappa shape index (κ2) is 6.43. The highest BCUT2D eigenvalue weighted by atomic mass is 19.1. The van der Waals surface area contributed by atoms with Crippen LogP contribution in [0, 0.1) is 11.2 Å². The van der Waals surface area contributed by atoms with Gasteiger partial charge >= 0.3 is 0 Å². The van der Waals surface area contributed by atoms with Crippen LogP contribution in [0.3, 0.4) is 0 Å². The maximum Gasteiger partial charge on any atom is 0.240 e. The van der Waals surface area contributed by atoms with Gasteiger partial charge in [-0.25, -0.2) is 4.39 Å². The van der Waals surface area contributed by atoms with E-state index >= 15 is 0 Å². The Balaban J connectivity index is 1.67. The second-order valence-corrected chi connectivity index (χ2v) is 6.19. The first kappa shape index (κ1) is 16.2. The summed E-state index contributed by atoms with van der Waals surface area (Å²) in [6.07, 6.45) is 1.08. The Morgan fingerprint density at radius 1 is 1.08 bits per heavy atom. The van der Waals surface area contributed by atoms with Crippen LogP contribution < -0.4 is 5.32 Å². The van der Waals surface area contributed by atoms with E-state index in [0.717, 1.165) is 5.56 Å². The number of halogens is 1. The van der Waals surface area contributed by atoms with Crippen molar-refractivity contribution in [2.45, 2.75) is 19.4 Å². The monoisotopic (exact) mass is 326 g/mol. The maximum absolute atomic E-state index is 12.9.